The summed E-state index contributed by atoms with van der Waals surface area (Å²) in [5, 5.41) is 13.6. The van der Waals surface area contributed by atoms with E-state index in [2.05, 4.69) is 65.4 Å². The molecule has 2 aromatic heterocycles. The Balaban J connectivity index is 0.00000320. The molecule has 30 heavy (non-hydrogen) atoms. The molecule has 2 N–H and O–H groups in total. The summed E-state index contributed by atoms with van der Waals surface area (Å²) < 4.78 is 1.86. The predicted octanol–water partition coefficient (Wildman–Crippen LogP) is 4.16. The van der Waals surface area contributed by atoms with Crippen molar-refractivity contribution in [3.63, 3.8) is 0 Å². The van der Waals surface area contributed by atoms with Crippen molar-refractivity contribution in [2.45, 2.75) is 50.5 Å². The molecule has 1 fully saturated rings. The number of hydrogen-bond acceptors (Lipinski definition) is 4. The monoisotopic (exact) mass is 544 g/mol. The van der Waals surface area contributed by atoms with Gasteiger partial charge in [-0.2, -0.15) is 5.10 Å². The number of aliphatic imine (C=N–C) groups is 1. The van der Waals surface area contributed by atoms with Crippen LogP contribution in [0.25, 0.3) is 0 Å². The van der Waals surface area contributed by atoms with Crippen LogP contribution in [0.15, 0.2) is 34.9 Å². The first-order valence-electron chi connectivity index (χ1n) is 10.8. The third-order valence-electron chi connectivity index (χ3n) is 5.93. The molecule has 1 atom stereocenters. The average Bonchev–Trinajstić information content (AvgIpc) is 3.39. The maximum absolute atomic E-state index is 5.06. The van der Waals surface area contributed by atoms with E-state index in [1.807, 2.05) is 29.3 Å². The molecule has 1 saturated carbocycles. The molecule has 2 aromatic rings. The van der Waals surface area contributed by atoms with Gasteiger partial charge in [-0.25, -0.2) is 0 Å². The number of thiophene rings is 1. The molecular formula is C22H37IN6S. The molecule has 1 aliphatic carbocycles. The van der Waals surface area contributed by atoms with Gasteiger partial charge in [-0.3, -0.25) is 9.67 Å². The number of likely N-dealkylation sites (N-methyl/N-ethyl adjacent to an activating group) is 1. The summed E-state index contributed by atoms with van der Waals surface area (Å²) in [6.07, 6.45) is 10.5. The molecular weight excluding hydrogens is 507 g/mol. The van der Waals surface area contributed by atoms with Crippen LogP contribution in [0.3, 0.4) is 0 Å². The van der Waals surface area contributed by atoms with E-state index in [1.165, 1.54) is 42.5 Å². The molecule has 168 valence electrons. The Hall–Kier alpha value is -1.13. The first-order chi connectivity index (χ1) is 14.0. The highest BCUT2D eigenvalue weighted by Gasteiger charge is 2.34. The molecule has 0 spiro atoms. The van der Waals surface area contributed by atoms with Gasteiger partial charge in [-0.1, -0.05) is 25.3 Å². The van der Waals surface area contributed by atoms with Gasteiger partial charge in [0.1, 0.15) is 0 Å². The zero-order chi connectivity index (χ0) is 20.7. The quantitative estimate of drug-likeness (QED) is 0.298. The van der Waals surface area contributed by atoms with E-state index in [-0.39, 0.29) is 35.4 Å². The summed E-state index contributed by atoms with van der Waals surface area (Å²) in [7, 11) is 6.18. The van der Waals surface area contributed by atoms with Crippen LogP contribution in [-0.2, 0) is 12.5 Å². The summed E-state index contributed by atoms with van der Waals surface area (Å²) >= 11 is 1.89. The molecule has 3 rings (SSSR count). The number of halogens is 1. The van der Waals surface area contributed by atoms with Crippen LogP contribution in [0.2, 0.25) is 0 Å². The lowest BCUT2D eigenvalue weighted by Gasteiger charge is -2.35. The average molecular weight is 545 g/mol. The van der Waals surface area contributed by atoms with Gasteiger partial charge in [0.2, 0.25) is 0 Å². The van der Waals surface area contributed by atoms with E-state index in [1.54, 1.807) is 0 Å². The molecule has 0 aliphatic heterocycles. The Morgan fingerprint density at radius 2 is 2.07 bits per heavy atom. The molecule has 2 heterocycles. The summed E-state index contributed by atoms with van der Waals surface area (Å²) in [6.45, 7) is 4.62. The Morgan fingerprint density at radius 3 is 2.63 bits per heavy atom. The van der Waals surface area contributed by atoms with E-state index in [0.29, 0.717) is 0 Å². The van der Waals surface area contributed by atoms with Crippen molar-refractivity contribution in [2.24, 2.45) is 12.0 Å². The van der Waals surface area contributed by atoms with E-state index in [9.17, 15) is 0 Å². The fraction of sp³-hybridized carbons (Fsp3) is 0.636. The number of nitrogens with zero attached hydrogens (tertiary/aromatic N) is 4. The standard InChI is InChI=1S/C22H36N6S.HI/c1-5-23-21(24-15-19(27(2)3)18-14-26-28(4)16-18)25-17-22(11-7-6-8-12-22)20-10-9-13-29-20;/h9-10,13-14,16,19H,5-8,11-12,15,17H2,1-4H3,(H2,23,24,25);1H. The van der Waals surface area contributed by atoms with Gasteiger partial charge < -0.3 is 15.5 Å². The van der Waals surface area contributed by atoms with Crippen LogP contribution in [0, 0.1) is 0 Å². The van der Waals surface area contributed by atoms with Crippen LogP contribution >= 0.6 is 35.3 Å². The van der Waals surface area contributed by atoms with Crippen molar-refractivity contribution >= 4 is 41.3 Å². The number of nitrogens with one attached hydrogen (secondary N) is 2. The SMILES string of the molecule is CCNC(=NCC1(c2cccs2)CCCCC1)NCC(c1cnn(C)c1)N(C)C.I. The molecule has 0 radical (unpaired) electrons. The van der Waals surface area contributed by atoms with Crippen molar-refractivity contribution in [2.75, 3.05) is 33.7 Å². The second-order valence-electron chi connectivity index (χ2n) is 8.32. The largest absolute Gasteiger partial charge is 0.357 e. The van der Waals surface area contributed by atoms with Crippen molar-refractivity contribution in [3.8, 4) is 0 Å². The summed E-state index contributed by atoms with van der Waals surface area (Å²) in [5.74, 6) is 0.907. The molecule has 0 bridgehead atoms. The lowest BCUT2D eigenvalue weighted by molar-refractivity contribution is 0.296. The van der Waals surface area contributed by atoms with Crippen LogP contribution in [0.1, 0.15) is 55.5 Å². The number of hydrogen-bond donors (Lipinski definition) is 2. The maximum atomic E-state index is 5.06. The zero-order valence-electron chi connectivity index (χ0n) is 18.7. The van der Waals surface area contributed by atoms with Gasteiger partial charge in [-0.15, -0.1) is 35.3 Å². The molecule has 1 unspecified atom stereocenters. The van der Waals surface area contributed by atoms with E-state index in [4.69, 9.17) is 4.99 Å². The fourth-order valence-electron chi connectivity index (χ4n) is 4.27. The van der Waals surface area contributed by atoms with E-state index < -0.39 is 0 Å². The highest BCUT2D eigenvalue weighted by molar-refractivity contribution is 14.0. The highest BCUT2D eigenvalue weighted by atomic mass is 127. The molecule has 8 heteroatoms. The number of aromatic nitrogens is 2. The topological polar surface area (TPSA) is 57.5 Å². The Morgan fingerprint density at radius 1 is 1.30 bits per heavy atom. The van der Waals surface area contributed by atoms with E-state index in [0.717, 1.165) is 25.6 Å². The Bertz CT molecular complexity index is 764. The van der Waals surface area contributed by atoms with Crippen molar-refractivity contribution in [1.29, 1.82) is 0 Å². The lowest BCUT2D eigenvalue weighted by Crippen LogP contribution is -2.43. The van der Waals surface area contributed by atoms with Gasteiger partial charge >= 0.3 is 0 Å². The molecule has 6 nitrogen and oxygen atoms in total. The summed E-state index contributed by atoms with van der Waals surface area (Å²) in [5.41, 5.74) is 1.42. The smallest absolute Gasteiger partial charge is 0.191 e. The van der Waals surface area contributed by atoms with Crippen molar-refractivity contribution < 1.29 is 0 Å². The summed E-state index contributed by atoms with van der Waals surface area (Å²) in [6, 6.07) is 4.73. The number of guanidine groups is 1. The normalized spacial score (nSPS) is 17.4. The molecule has 0 amide bonds. The van der Waals surface area contributed by atoms with E-state index >= 15 is 0 Å². The first kappa shape index (κ1) is 25.1. The van der Waals surface area contributed by atoms with Crippen molar-refractivity contribution in [1.82, 2.24) is 25.3 Å². The lowest BCUT2D eigenvalue weighted by atomic mass is 9.73. The van der Waals surface area contributed by atoms with Gasteiger partial charge in [0.15, 0.2) is 5.96 Å². The van der Waals surface area contributed by atoms with Gasteiger partial charge in [0, 0.05) is 42.2 Å². The van der Waals surface area contributed by atoms with Crippen LogP contribution in [0.4, 0.5) is 0 Å². The molecule has 0 saturated heterocycles. The second-order valence-corrected chi connectivity index (χ2v) is 9.27. The maximum Gasteiger partial charge on any atom is 0.191 e. The Labute approximate surface area is 202 Å². The minimum absolute atomic E-state index is 0. The van der Waals surface area contributed by atoms with Crippen LogP contribution in [-0.4, -0.2) is 54.4 Å². The number of rotatable bonds is 8. The third-order valence-corrected chi connectivity index (χ3v) is 7.05. The second kappa shape index (κ2) is 12.0. The first-order valence-corrected chi connectivity index (χ1v) is 11.6. The van der Waals surface area contributed by atoms with Gasteiger partial charge in [-0.05, 0) is 45.3 Å². The summed E-state index contributed by atoms with van der Waals surface area (Å²) in [4.78, 5) is 8.78. The predicted molar refractivity (Wildman–Crippen MR) is 138 cm³/mol. The fourth-order valence-corrected chi connectivity index (χ4v) is 5.25. The minimum Gasteiger partial charge on any atom is -0.357 e. The van der Waals surface area contributed by atoms with Gasteiger partial charge in [0.05, 0.1) is 18.8 Å². The highest BCUT2D eigenvalue weighted by Crippen LogP contribution is 2.41. The van der Waals surface area contributed by atoms with Gasteiger partial charge in [0.25, 0.3) is 0 Å². The van der Waals surface area contributed by atoms with Crippen molar-refractivity contribution in [3.05, 3.63) is 40.3 Å². The molecule has 0 aromatic carbocycles. The third kappa shape index (κ3) is 6.43. The zero-order valence-corrected chi connectivity index (χ0v) is 21.9. The van der Waals surface area contributed by atoms with Crippen LogP contribution in [0.5, 0.6) is 0 Å². The molecule has 1 aliphatic rings. The Kier molecular flexibility index (Phi) is 10.1. The minimum atomic E-state index is 0. The number of aryl methyl sites for hydroxylation is 1. The van der Waals surface area contributed by atoms with Crippen LogP contribution < -0.4 is 10.6 Å².